The summed E-state index contributed by atoms with van der Waals surface area (Å²) in [5, 5.41) is 22.2. The molecule has 0 N–H and O–H groups in total. The van der Waals surface area contributed by atoms with E-state index in [1.165, 1.54) is 36.0 Å². The highest BCUT2D eigenvalue weighted by molar-refractivity contribution is 7.99. The lowest BCUT2D eigenvalue weighted by molar-refractivity contribution is -0.398. The lowest BCUT2D eigenvalue weighted by atomic mass is 10.0. The Labute approximate surface area is 134 Å². The van der Waals surface area contributed by atoms with Crippen LogP contribution in [0.25, 0.3) is 6.08 Å². The topological polar surface area (TPSA) is 83.3 Å². The molecule has 0 radical (unpaired) electrons. The van der Waals surface area contributed by atoms with Gasteiger partial charge in [0.05, 0.1) is 4.92 Å². The van der Waals surface area contributed by atoms with E-state index in [-0.39, 0.29) is 11.3 Å². The Morgan fingerprint density at radius 1 is 1.22 bits per heavy atom. The van der Waals surface area contributed by atoms with Crippen molar-refractivity contribution in [3.05, 3.63) is 69.0 Å². The van der Waals surface area contributed by atoms with Gasteiger partial charge in [-0.25, -0.2) is 4.39 Å². The SMILES string of the molecule is O=C1/C(=C/c2ccc([O-])c([N+](=O)[O-])c2)CSc2ccc(F)cc21. The number of rotatable bonds is 2. The van der Waals surface area contributed by atoms with Crippen molar-refractivity contribution in [2.45, 2.75) is 4.90 Å². The highest BCUT2D eigenvalue weighted by Gasteiger charge is 2.23. The van der Waals surface area contributed by atoms with Crippen LogP contribution in [0.3, 0.4) is 0 Å². The molecule has 0 saturated carbocycles. The molecule has 23 heavy (non-hydrogen) atoms. The first-order chi connectivity index (χ1) is 11.0. The monoisotopic (exact) mass is 330 g/mol. The number of nitro benzene ring substituents is 1. The number of halogens is 1. The Bertz CT molecular complexity index is 863. The highest BCUT2D eigenvalue weighted by Crippen LogP contribution is 2.34. The predicted molar refractivity (Wildman–Crippen MR) is 82.0 cm³/mol. The van der Waals surface area contributed by atoms with Crippen molar-refractivity contribution in [1.82, 2.24) is 0 Å². The number of fused-ring (bicyclic) bond motifs is 1. The molecule has 2 aromatic carbocycles. The minimum Gasteiger partial charge on any atom is -0.868 e. The van der Waals surface area contributed by atoms with Crippen molar-refractivity contribution >= 4 is 29.3 Å². The Morgan fingerprint density at radius 3 is 2.74 bits per heavy atom. The highest BCUT2D eigenvalue weighted by atomic mass is 32.2. The van der Waals surface area contributed by atoms with E-state index in [0.717, 1.165) is 12.1 Å². The normalized spacial score (nSPS) is 15.5. The number of thioether (sulfide) groups is 1. The van der Waals surface area contributed by atoms with Crippen LogP contribution in [0.5, 0.6) is 5.75 Å². The van der Waals surface area contributed by atoms with Crippen LogP contribution in [0.1, 0.15) is 15.9 Å². The number of benzene rings is 2. The second kappa shape index (κ2) is 5.85. The van der Waals surface area contributed by atoms with Crippen LogP contribution in [-0.4, -0.2) is 16.5 Å². The van der Waals surface area contributed by atoms with Crippen LogP contribution in [-0.2, 0) is 0 Å². The summed E-state index contributed by atoms with van der Waals surface area (Å²) in [5.74, 6) is -1.11. The molecule has 0 unspecified atom stereocenters. The molecule has 1 heterocycles. The molecular weight excluding hydrogens is 321 g/mol. The minimum atomic E-state index is -0.757. The number of carbonyl (C=O) groups is 1. The predicted octanol–water partition coefficient (Wildman–Crippen LogP) is 3.18. The van der Waals surface area contributed by atoms with Crippen LogP contribution in [0, 0.1) is 15.9 Å². The van der Waals surface area contributed by atoms with Gasteiger partial charge in [-0.2, -0.15) is 0 Å². The zero-order valence-corrected chi connectivity index (χ0v) is 12.4. The third-order valence-electron chi connectivity index (χ3n) is 3.38. The van der Waals surface area contributed by atoms with Crippen molar-refractivity contribution in [2.24, 2.45) is 0 Å². The summed E-state index contributed by atoms with van der Waals surface area (Å²) >= 11 is 1.39. The van der Waals surface area contributed by atoms with E-state index in [1.54, 1.807) is 6.07 Å². The molecule has 7 heteroatoms. The van der Waals surface area contributed by atoms with Crippen LogP contribution in [0.2, 0.25) is 0 Å². The summed E-state index contributed by atoms with van der Waals surface area (Å²) in [7, 11) is 0. The zero-order valence-electron chi connectivity index (χ0n) is 11.6. The summed E-state index contributed by atoms with van der Waals surface area (Å²) in [6, 6.07) is 7.68. The van der Waals surface area contributed by atoms with E-state index in [9.17, 15) is 24.4 Å². The van der Waals surface area contributed by atoms with E-state index >= 15 is 0 Å². The molecule has 0 saturated heterocycles. The minimum absolute atomic E-state index is 0.280. The maximum Gasteiger partial charge on any atom is 0.262 e. The number of hydrogen-bond acceptors (Lipinski definition) is 5. The summed E-state index contributed by atoms with van der Waals surface area (Å²) in [5.41, 5.74) is 0.533. The quantitative estimate of drug-likeness (QED) is 0.480. The van der Waals surface area contributed by atoms with Crippen molar-refractivity contribution in [1.29, 1.82) is 0 Å². The Hall–Kier alpha value is -2.67. The van der Waals surface area contributed by atoms with Gasteiger partial charge >= 0.3 is 0 Å². The molecule has 0 atom stereocenters. The van der Waals surface area contributed by atoms with Crippen molar-refractivity contribution in [3.8, 4) is 5.75 Å². The number of hydrogen-bond donors (Lipinski definition) is 0. The second-order valence-corrected chi connectivity index (χ2v) is 5.93. The van der Waals surface area contributed by atoms with Gasteiger partial charge in [0, 0.05) is 27.9 Å². The number of ketones is 1. The van der Waals surface area contributed by atoms with Crippen LogP contribution in [0.15, 0.2) is 46.9 Å². The van der Waals surface area contributed by atoms with E-state index in [1.807, 2.05) is 0 Å². The van der Waals surface area contributed by atoms with Gasteiger partial charge in [-0.1, -0.05) is 12.1 Å². The van der Waals surface area contributed by atoms with Gasteiger partial charge in [-0.15, -0.1) is 11.8 Å². The van der Waals surface area contributed by atoms with Gasteiger partial charge in [-0.05, 0) is 35.6 Å². The average molecular weight is 330 g/mol. The van der Waals surface area contributed by atoms with Crippen LogP contribution < -0.4 is 5.11 Å². The lowest BCUT2D eigenvalue weighted by Gasteiger charge is -2.17. The van der Waals surface area contributed by atoms with Crippen molar-refractivity contribution in [2.75, 3.05) is 5.75 Å². The molecule has 1 aliphatic heterocycles. The molecule has 1 aliphatic rings. The largest absolute Gasteiger partial charge is 0.868 e. The molecular formula is C16H9FNO4S-. The van der Waals surface area contributed by atoms with E-state index in [2.05, 4.69) is 0 Å². The van der Waals surface area contributed by atoms with Gasteiger partial charge in [0.25, 0.3) is 5.69 Å². The molecule has 0 aromatic heterocycles. The molecule has 116 valence electrons. The van der Waals surface area contributed by atoms with Crippen LogP contribution in [0.4, 0.5) is 10.1 Å². The lowest BCUT2D eigenvalue weighted by Crippen LogP contribution is -2.12. The van der Waals surface area contributed by atoms with E-state index in [0.29, 0.717) is 21.8 Å². The van der Waals surface area contributed by atoms with Gasteiger partial charge in [0.1, 0.15) is 5.82 Å². The number of nitrogens with zero attached hydrogens (tertiary/aromatic N) is 1. The fourth-order valence-corrected chi connectivity index (χ4v) is 3.27. The third-order valence-corrected chi connectivity index (χ3v) is 4.50. The van der Waals surface area contributed by atoms with Gasteiger partial charge < -0.3 is 5.11 Å². The molecule has 0 bridgehead atoms. The summed E-state index contributed by atoms with van der Waals surface area (Å²) < 4.78 is 13.3. The molecule has 5 nitrogen and oxygen atoms in total. The maximum absolute atomic E-state index is 13.3. The Kier molecular flexibility index (Phi) is 3.87. The zero-order chi connectivity index (χ0) is 16.6. The molecule has 2 aromatic rings. The molecule has 0 amide bonds. The molecule has 3 rings (SSSR count). The number of carbonyl (C=O) groups excluding carboxylic acids is 1. The fraction of sp³-hybridized carbons (Fsp3) is 0.0625. The third kappa shape index (κ3) is 2.95. The molecule has 0 fully saturated rings. The smallest absolute Gasteiger partial charge is 0.262 e. The standard InChI is InChI=1S/C16H10FNO4S/c17-11-2-4-15-12(7-11)16(20)10(8-23-15)5-9-1-3-14(19)13(6-9)18(21)22/h1-7,19H,8H2/p-1/b10-5+. The van der Waals surface area contributed by atoms with E-state index in [4.69, 9.17) is 0 Å². The Morgan fingerprint density at radius 2 is 2.00 bits per heavy atom. The van der Waals surface area contributed by atoms with Crippen molar-refractivity contribution < 1.29 is 19.2 Å². The second-order valence-electron chi connectivity index (χ2n) is 4.91. The maximum atomic E-state index is 13.3. The summed E-state index contributed by atoms with van der Waals surface area (Å²) in [6.45, 7) is 0. The van der Waals surface area contributed by atoms with Crippen molar-refractivity contribution in [3.63, 3.8) is 0 Å². The van der Waals surface area contributed by atoms with E-state index < -0.39 is 22.2 Å². The average Bonchev–Trinajstić information content (AvgIpc) is 2.52. The first-order valence-corrected chi connectivity index (χ1v) is 7.57. The molecule has 0 spiro atoms. The fourth-order valence-electron chi connectivity index (χ4n) is 2.27. The van der Waals surface area contributed by atoms with Crippen LogP contribution >= 0.6 is 11.8 Å². The first kappa shape index (κ1) is 15.2. The Balaban J connectivity index is 2.00. The number of nitro groups is 1. The van der Waals surface area contributed by atoms with Gasteiger partial charge in [0.2, 0.25) is 0 Å². The number of Topliss-reactive ketones (excluding diaryl/α,β-unsaturated/α-hetero) is 1. The molecule has 0 aliphatic carbocycles. The first-order valence-electron chi connectivity index (χ1n) is 6.59. The summed E-state index contributed by atoms with van der Waals surface area (Å²) in [6.07, 6.45) is 1.50. The van der Waals surface area contributed by atoms with Gasteiger partial charge in [0.15, 0.2) is 5.78 Å². The van der Waals surface area contributed by atoms with Gasteiger partial charge in [-0.3, -0.25) is 14.9 Å². The summed E-state index contributed by atoms with van der Waals surface area (Å²) in [4.78, 5) is 23.2.